The minimum atomic E-state index is -3.71. The maximum Gasteiger partial charge on any atom is 0.248 e. The molecule has 1 saturated heterocycles. The second-order valence-corrected chi connectivity index (χ2v) is 10.2. The normalized spacial score (nSPS) is 15.7. The number of anilines is 2. The molecule has 3 N–H and O–H groups in total. The van der Waals surface area contributed by atoms with Crippen molar-refractivity contribution in [2.45, 2.75) is 30.6 Å². The van der Waals surface area contributed by atoms with Gasteiger partial charge >= 0.3 is 0 Å². The zero-order valence-corrected chi connectivity index (χ0v) is 19.0. The van der Waals surface area contributed by atoms with Gasteiger partial charge in [0.15, 0.2) is 21.3 Å². The van der Waals surface area contributed by atoms with Gasteiger partial charge in [-0.05, 0) is 49.6 Å². The molecule has 0 bridgehead atoms. The first kappa shape index (κ1) is 22.9. The van der Waals surface area contributed by atoms with Crippen LogP contribution >= 0.6 is 0 Å². The number of carbonyl (C=O) groups excluding carboxylic acids is 2. The number of fused-ring (bicyclic) bond motifs is 1. The van der Waals surface area contributed by atoms with Gasteiger partial charge in [-0.3, -0.25) is 9.59 Å². The third-order valence-corrected chi connectivity index (χ3v) is 7.44. The third-order valence-electron chi connectivity index (χ3n) is 5.72. The van der Waals surface area contributed by atoms with Gasteiger partial charge in [0.05, 0.1) is 22.0 Å². The maximum absolute atomic E-state index is 12.8. The Morgan fingerprint density at radius 2 is 1.70 bits per heavy atom. The number of rotatable bonds is 7. The molecule has 2 aromatic rings. The lowest BCUT2D eigenvalue weighted by atomic mass is 10.1. The summed E-state index contributed by atoms with van der Waals surface area (Å²) in [6, 6.07) is 9.38. The summed E-state index contributed by atoms with van der Waals surface area (Å²) in [7, 11) is -3.71. The van der Waals surface area contributed by atoms with Crippen LogP contribution in [0, 0.1) is 0 Å². The Bertz CT molecular complexity index is 1160. The number of nitrogens with one attached hydrogen (secondary N) is 1. The van der Waals surface area contributed by atoms with E-state index >= 15 is 0 Å². The Morgan fingerprint density at radius 1 is 0.970 bits per heavy atom. The number of ether oxygens (including phenoxy) is 2. The molecule has 0 radical (unpaired) electrons. The number of primary amides is 1. The van der Waals surface area contributed by atoms with Gasteiger partial charge in [0.1, 0.15) is 13.2 Å². The largest absolute Gasteiger partial charge is 0.486 e. The van der Waals surface area contributed by atoms with E-state index < -0.39 is 21.7 Å². The average molecular weight is 474 g/mol. The predicted octanol–water partition coefficient (Wildman–Crippen LogP) is 2.35. The lowest BCUT2D eigenvalue weighted by molar-refractivity contribution is -0.115. The number of nitrogens with zero attached hydrogens (tertiary/aromatic N) is 1. The van der Waals surface area contributed by atoms with Crippen LogP contribution in [0.4, 0.5) is 11.4 Å². The van der Waals surface area contributed by atoms with Gasteiger partial charge in [0.2, 0.25) is 11.8 Å². The molecule has 1 fully saturated rings. The Hall–Kier alpha value is -3.27. The van der Waals surface area contributed by atoms with Crippen molar-refractivity contribution in [3.05, 3.63) is 42.0 Å². The van der Waals surface area contributed by atoms with Crippen molar-refractivity contribution >= 4 is 33.0 Å². The summed E-state index contributed by atoms with van der Waals surface area (Å²) in [5.74, 6) is -0.556. The minimum absolute atomic E-state index is 0.0734. The van der Waals surface area contributed by atoms with Crippen LogP contribution in [0.15, 0.2) is 41.3 Å². The first-order chi connectivity index (χ1) is 15.8. The Kier molecular flexibility index (Phi) is 6.73. The molecular formula is C23H27N3O6S. The fourth-order valence-electron chi connectivity index (χ4n) is 3.97. The monoisotopic (exact) mass is 473 g/mol. The zero-order valence-electron chi connectivity index (χ0n) is 18.2. The Morgan fingerprint density at radius 3 is 2.42 bits per heavy atom. The van der Waals surface area contributed by atoms with Crippen LogP contribution in [0.2, 0.25) is 0 Å². The fraction of sp³-hybridized carbons (Fsp3) is 0.391. The van der Waals surface area contributed by atoms with E-state index in [1.165, 1.54) is 12.1 Å². The van der Waals surface area contributed by atoms with Gasteiger partial charge in [0, 0.05) is 31.1 Å². The smallest absolute Gasteiger partial charge is 0.248 e. The summed E-state index contributed by atoms with van der Waals surface area (Å²) in [6.45, 7) is 2.45. The van der Waals surface area contributed by atoms with E-state index in [2.05, 4.69) is 10.2 Å². The highest BCUT2D eigenvalue weighted by molar-refractivity contribution is 7.91. The van der Waals surface area contributed by atoms with E-state index in [1.807, 2.05) is 0 Å². The van der Waals surface area contributed by atoms with Gasteiger partial charge in [-0.15, -0.1) is 0 Å². The molecule has 0 saturated carbocycles. The number of benzene rings is 2. The van der Waals surface area contributed by atoms with Crippen LogP contribution < -0.4 is 25.4 Å². The van der Waals surface area contributed by atoms with Crippen LogP contribution in [0.3, 0.4) is 0 Å². The van der Waals surface area contributed by atoms with Crippen LogP contribution in [0.5, 0.6) is 11.5 Å². The highest BCUT2D eigenvalue weighted by Gasteiger charge is 2.22. The van der Waals surface area contributed by atoms with E-state index in [0.29, 0.717) is 30.4 Å². The molecule has 4 rings (SSSR count). The van der Waals surface area contributed by atoms with Crippen molar-refractivity contribution in [2.24, 2.45) is 5.73 Å². The van der Waals surface area contributed by atoms with Crippen molar-refractivity contribution in [3.63, 3.8) is 0 Å². The molecule has 2 aromatic carbocycles. The Balaban J connectivity index is 1.47. The van der Waals surface area contributed by atoms with E-state index in [1.54, 1.807) is 24.3 Å². The molecule has 176 valence electrons. The molecule has 9 nitrogen and oxygen atoms in total. The molecule has 33 heavy (non-hydrogen) atoms. The van der Waals surface area contributed by atoms with Gasteiger partial charge in [-0.25, -0.2) is 8.42 Å². The lowest BCUT2D eigenvalue weighted by Crippen LogP contribution is -2.30. The summed E-state index contributed by atoms with van der Waals surface area (Å²) in [6.07, 6.45) is 2.99. The molecule has 2 amide bonds. The number of hydrogen-bond acceptors (Lipinski definition) is 7. The van der Waals surface area contributed by atoms with Crippen LogP contribution in [0.1, 0.15) is 36.0 Å². The molecular weight excluding hydrogens is 446 g/mol. The van der Waals surface area contributed by atoms with Crippen molar-refractivity contribution in [3.8, 4) is 11.5 Å². The van der Waals surface area contributed by atoms with E-state index in [9.17, 15) is 18.0 Å². The number of sulfone groups is 1. The second-order valence-electron chi connectivity index (χ2n) is 8.07. The zero-order chi connectivity index (χ0) is 23.4. The number of piperidine rings is 1. The SMILES string of the molecule is NC(=O)c1ccc(N2CCCCC2)c(NC(=O)CCS(=O)(=O)c2ccc3c(c2)OCCO3)c1. The predicted molar refractivity (Wildman–Crippen MR) is 124 cm³/mol. The Labute approximate surface area is 192 Å². The second kappa shape index (κ2) is 9.70. The maximum atomic E-state index is 12.8. The van der Waals surface area contributed by atoms with Crippen molar-refractivity contribution < 1.29 is 27.5 Å². The summed E-state index contributed by atoms with van der Waals surface area (Å²) >= 11 is 0. The highest BCUT2D eigenvalue weighted by atomic mass is 32.2. The number of carbonyl (C=O) groups is 2. The van der Waals surface area contributed by atoms with Crippen molar-refractivity contribution in [1.82, 2.24) is 0 Å². The van der Waals surface area contributed by atoms with E-state index in [0.717, 1.165) is 38.0 Å². The van der Waals surface area contributed by atoms with Gasteiger partial charge in [-0.1, -0.05) is 0 Å². The molecule has 0 aliphatic carbocycles. The molecule has 2 aliphatic heterocycles. The molecule has 0 atom stereocenters. The third kappa shape index (κ3) is 5.39. The highest BCUT2D eigenvalue weighted by Crippen LogP contribution is 2.33. The summed E-state index contributed by atoms with van der Waals surface area (Å²) in [4.78, 5) is 26.5. The molecule has 2 aliphatic rings. The number of nitrogens with two attached hydrogens (primary N) is 1. The molecule has 0 spiro atoms. The quantitative estimate of drug-likeness (QED) is 0.632. The van der Waals surface area contributed by atoms with Crippen molar-refractivity contribution in [2.75, 3.05) is 42.3 Å². The molecule has 0 unspecified atom stereocenters. The lowest BCUT2D eigenvalue weighted by Gasteiger charge is -2.30. The van der Waals surface area contributed by atoms with E-state index in [4.69, 9.17) is 15.2 Å². The minimum Gasteiger partial charge on any atom is -0.486 e. The van der Waals surface area contributed by atoms with E-state index in [-0.39, 0.29) is 22.6 Å². The summed E-state index contributed by atoms with van der Waals surface area (Å²) in [5.41, 5.74) is 6.93. The number of hydrogen-bond donors (Lipinski definition) is 2. The van der Waals surface area contributed by atoms with Crippen LogP contribution in [-0.4, -0.2) is 52.3 Å². The van der Waals surface area contributed by atoms with Gasteiger partial charge in [0.25, 0.3) is 0 Å². The van der Waals surface area contributed by atoms with Crippen LogP contribution in [0.25, 0.3) is 0 Å². The first-order valence-electron chi connectivity index (χ1n) is 10.9. The molecule has 2 heterocycles. The van der Waals surface area contributed by atoms with Gasteiger partial charge < -0.3 is 25.4 Å². The van der Waals surface area contributed by atoms with Crippen molar-refractivity contribution in [1.29, 1.82) is 0 Å². The molecule has 10 heteroatoms. The first-order valence-corrected chi connectivity index (χ1v) is 12.6. The van der Waals surface area contributed by atoms with Gasteiger partial charge in [-0.2, -0.15) is 0 Å². The van der Waals surface area contributed by atoms with Crippen LogP contribution in [-0.2, 0) is 14.6 Å². The summed E-state index contributed by atoms with van der Waals surface area (Å²) < 4.78 is 36.5. The topological polar surface area (TPSA) is 128 Å². The number of amides is 2. The summed E-state index contributed by atoms with van der Waals surface area (Å²) in [5, 5.41) is 2.78. The fourth-order valence-corrected chi connectivity index (χ4v) is 5.23. The molecule has 0 aromatic heterocycles. The average Bonchev–Trinajstić information content (AvgIpc) is 2.83. The standard InChI is InChI=1S/C23H27N3O6S/c24-23(28)16-4-6-19(26-9-2-1-3-10-26)18(14-16)25-22(27)8-13-33(29,30)17-5-7-20-21(15-17)32-12-11-31-20/h4-7,14-15H,1-3,8-13H2,(H2,24,28)(H,25,27).